The van der Waals surface area contributed by atoms with Gasteiger partial charge in [-0.15, -0.1) is 0 Å². The Hall–Kier alpha value is -1.80. The third-order valence-electron chi connectivity index (χ3n) is 5.77. The number of anilines is 1. The van der Waals surface area contributed by atoms with Gasteiger partial charge in [0, 0.05) is 18.8 Å². The van der Waals surface area contributed by atoms with E-state index in [9.17, 15) is 0 Å². The maximum absolute atomic E-state index is 2.40. The number of fused-ring (bicyclic) bond motifs is 1. The van der Waals surface area contributed by atoms with E-state index in [0.29, 0.717) is 6.04 Å². The summed E-state index contributed by atoms with van der Waals surface area (Å²) >= 11 is 0. The Balaban J connectivity index is 0.000000220. The van der Waals surface area contributed by atoms with Gasteiger partial charge in [0.25, 0.3) is 0 Å². The highest BCUT2D eigenvalue weighted by atomic mass is 15.3. The highest BCUT2D eigenvalue weighted by Crippen LogP contribution is 2.27. The molecule has 148 valence electrons. The molecule has 1 fully saturated rings. The Morgan fingerprint density at radius 1 is 0.741 bits per heavy atom. The zero-order valence-corrected chi connectivity index (χ0v) is 18.1. The normalized spacial score (nSPS) is 17.7. The summed E-state index contributed by atoms with van der Waals surface area (Å²) in [5.41, 5.74) is 4.34. The number of rotatable bonds is 2. The Morgan fingerprint density at radius 2 is 1.22 bits per heavy atom. The molecule has 2 aliphatic rings. The van der Waals surface area contributed by atoms with Crippen LogP contribution in [0.3, 0.4) is 0 Å². The lowest BCUT2D eigenvalue weighted by molar-refractivity contribution is -0.894. The Labute approximate surface area is 167 Å². The molecule has 0 unspecified atom stereocenters. The molecule has 1 saturated heterocycles. The molecular weight excluding hydrogens is 328 g/mol. The second-order valence-corrected chi connectivity index (χ2v) is 8.22. The quantitative estimate of drug-likeness (QED) is 0.628. The molecule has 2 nitrogen and oxygen atoms in total. The minimum atomic E-state index is 0.606. The lowest BCUT2D eigenvalue weighted by atomic mass is 10.1. The van der Waals surface area contributed by atoms with Crippen molar-refractivity contribution in [2.45, 2.75) is 52.0 Å². The lowest BCUT2D eigenvalue weighted by Crippen LogP contribution is -2.43. The van der Waals surface area contributed by atoms with Crippen LogP contribution in [0.25, 0.3) is 0 Å². The first-order valence-corrected chi connectivity index (χ1v) is 10.7. The summed E-state index contributed by atoms with van der Waals surface area (Å²) in [5, 5.41) is 0. The predicted octanol–water partition coefficient (Wildman–Crippen LogP) is 5.56. The van der Waals surface area contributed by atoms with Gasteiger partial charge in [-0.05, 0) is 55.4 Å². The number of quaternary nitrogens is 1. The van der Waals surface area contributed by atoms with E-state index >= 15 is 0 Å². The first-order valence-electron chi connectivity index (χ1n) is 10.7. The minimum absolute atomic E-state index is 0.606. The van der Waals surface area contributed by atoms with E-state index < -0.39 is 0 Å². The number of para-hydroxylation sites is 1. The fourth-order valence-electron chi connectivity index (χ4n) is 4.05. The van der Waals surface area contributed by atoms with Gasteiger partial charge >= 0.3 is 0 Å². The molecule has 0 atom stereocenters. The van der Waals surface area contributed by atoms with E-state index in [1.165, 1.54) is 66.5 Å². The molecule has 1 heterocycles. The molecule has 2 aromatic rings. The maximum Gasteiger partial charge on any atom is 0.0782 e. The van der Waals surface area contributed by atoms with Gasteiger partial charge in [-0.2, -0.15) is 0 Å². The second kappa shape index (κ2) is 10.5. The van der Waals surface area contributed by atoms with Crippen LogP contribution in [-0.4, -0.2) is 44.8 Å². The second-order valence-electron chi connectivity index (χ2n) is 8.22. The molecule has 0 saturated carbocycles. The predicted molar refractivity (Wildman–Crippen MR) is 120 cm³/mol. The zero-order valence-electron chi connectivity index (χ0n) is 18.1. The summed E-state index contributed by atoms with van der Waals surface area (Å²) in [4.78, 5) is 2.40. The highest BCUT2D eigenvalue weighted by Gasteiger charge is 2.24. The standard InChI is InChI=1S/C16H17N.C7H16N.C2H6/c1-17(15-9-3-2-4-10-15)16-11-13-7-5-6-8-14(13)12-16;1-8(2)6-4-3-5-7-8;1-2/h2-10,16H,11-12H2,1H3;3-7H2,1-2H3;1-2H3/q;+1;. The van der Waals surface area contributed by atoms with Gasteiger partial charge in [0.1, 0.15) is 0 Å². The van der Waals surface area contributed by atoms with E-state index in [1.807, 2.05) is 13.8 Å². The smallest absolute Gasteiger partial charge is 0.0782 e. The van der Waals surface area contributed by atoms with Crippen molar-refractivity contribution in [1.29, 1.82) is 0 Å². The van der Waals surface area contributed by atoms with Crippen molar-refractivity contribution >= 4 is 5.69 Å². The summed E-state index contributed by atoms with van der Waals surface area (Å²) in [6, 6.07) is 20.1. The molecule has 1 aliphatic heterocycles. The fourth-order valence-corrected chi connectivity index (χ4v) is 4.05. The van der Waals surface area contributed by atoms with Crippen molar-refractivity contribution in [2.24, 2.45) is 0 Å². The summed E-state index contributed by atoms with van der Waals surface area (Å²) in [5.74, 6) is 0. The summed E-state index contributed by atoms with van der Waals surface area (Å²) in [7, 11) is 6.84. The molecule has 0 spiro atoms. The van der Waals surface area contributed by atoms with Crippen molar-refractivity contribution in [2.75, 3.05) is 39.1 Å². The summed E-state index contributed by atoms with van der Waals surface area (Å²) in [6.07, 6.45) is 6.67. The van der Waals surface area contributed by atoms with Gasteiger partial charge < -0.3 is 9.38 Å². The topological polar surface area (TPSA) is 3.24 Å². The van der Waals surface area contributed by atoms with Crippen LogP contribution in [0, 0.1) is 0 Å². The molecule has 2 aromatic carbocycles. The van der Waals surface area contributed by atoms with Crippen LogP contribution in [0.15, 0.2) is 54.6 Å². The van der Waals surface area contributed by atoms with Crippen LogP contribution in [0.2, 0.25) is 0 Å². The van der Waals surface area contributed by atoms with Crippen LogP contribution >= 0.6 is 0 Å². The Kier molecular flexibility index (Phi) is 8.37. The number of benzene rings is 2. The zero-order chi connectivity index (χ0) is 19.7. The van der Waals surface area contributed by atoms with Crippen molar-refractivity contribution in [1.82, 2.24) is 0 Å². The number of likely N-dealkylation sites (N-methyl/N-ethyl adjacent to an activating group) is 1. The van der Waals surface area contributed by atoms with Crippen LogP contribution in [0.4, 0.5) is 5.69 Å². The number of likely N-dealkylation sites (tertiary alicyclic amines) is 1. The largest absolute Gasteiger partial charge is 0.371 e. The molecule has 0 amide bonds. The van der Waals surface area contributed by atoms with E-state index in [2.05, 4.69) is 80.6 Å². The van der Waals surface area contributed by atoms with Gasteiger partial charge in [-0.1, -0.05) is 56.3 Å². The fraction of sp³-hybridized carbons (Fsp3) is 0.520. The first-order chi connectivity index (χ1) is 13.1. The molecular formula is C25H39N2+. The first kappa shape index (κ1) is 21.5. The molecule has 0 N–H and O–H groups in total. The van der Waals surface area contributed by atoms with Crippen LogP contribution < -0.4 is 4.90 Å². The number of nitrogens with zero attached hydrogens (tertiary/aromatic N) is 2. The highest BCUT2D eigenvalue weighted by molar-refractivity contribution is 5.48. The van der Waals surface area contributed by atoms with Gasteiger partial charge in [0.15, 0.2) is 0 Å². The maximum atomic E-state index is 2.40. The van der Waals surface area contributed by atoms with E-state index in [1.54, 1.807) is 0 Å². The summed E-state index contributed by atoms with van der Waals surface area (Å²) in [6.45, 7) is 6.78. The SMILES string of the molecule is CC.CN(c1ccccc1)C1Cc2ccccc2C1.C[N+]1(C)CCCCC1. The molecule has 0 bridgehead atoms. The number of hydrogen-bond donors (Lipinski definition) is 0. The molecule has 0 aromatic heterocycles. The third-order valence-corrected chi connectivity index (χ3v) is 5.77. The van der Waals surface area contributed by atoms with Crippen molar-refractivity contribution in [3.63, 3.8) is 0 Å². The summed E-state index contributed by atoms with van der Waals surface area (Å²) < 4.78 is 1.25. The molecule has 1 aliphatic carbocycles. The van der Waals surface area contributed by atoms with Crippen LogP contribution in [0.1, 0.15) is 44.2 Å². The molecule has 2 heteroatoms. The average molecular weight is 368 g/mol. The van der Waals surface area contributed by atoms with Gasteiger partial charge in [0.2, 0.25) is 0 Å². The van der Waals surface area contributed by atoms with Crippen LogP contribution in [-0.2, 0) is 12.8 Å². The number of piperidine rings is 1. The monoisotopic (exact) mass is 367 g/mol. The average Bonchev–Trinajstić information content (AvgIpc) is 3.14. The minimum Gasteiger partial charge on any atom is -0.371 e. The Bertz CT molecular complexity index is 630. The van der Waals surface area contributed by atoms with Gasteiger partial charge in [0.05, 0.1) is 27.2 Å². The van der Waals surface area contributed by atoms with Crippen molar-refractivity contribution in [3.8, 4) is 0 Å². The molecule has 4 rings (SSSR count). The van der Waals surface area contributed by atoms with Crippen LogP contribution in [0.5, 0.6) is 0 Å². The van der Waals surface area contributed by atoms with Crippen molar-refractivity contribution < 1.29 is 4.48 Å². The van der Waals surface area contributed by atoms with Gasteiger partial charge in [-0.25, -0.2) is 0 Å². The molecule has 0 radical (unpaired) electrons. The number of hydrogen-bond acceptors (Lipinski definition) is 1. The Morgan fingerprint density at radius 3 is 1.67 bits per heavy atom. The lowest BCUT2D eigenvalue weighted by Gasteiger charge is -2.33. The van der Waals surface area contributed by atoms with E-state index in [4.69, 9.17) is 0 Å². The van der Waals surface area contributed by atoms with E-state index in [0.717, 1.165) is 0 Å². The molecule has 27 heavy (non-hydrogen) atoms. The van der Waals surface area contributed by atoms with Crippen molar-refractivity contribution in [3.05, 3.63) is 65.7 Å². The van der Waals surface area contributed by atoms with Gasteiger partial charge in [-0.3, -0.25) is 0 Å². The van der Waals surface area contributed by atoms with E-state index in [-0.39, 0.29) is 0 Å². The third kappa shape index (κ3) is 6.39.